The Morgan fingerprint density at radius 2 is 1.85 bits per heavy atom. The van der Waals surface area contributed by atoms with E-state index in [2.05, 4.69) is 20.3 Å². The number of halogens is 2. The Bertz CT molecular complexity index is 1700. The van der Waals surface area contributed by atoms with Crippen molar-refractivity contribution in [3.05, 3.63) is 66.1 Å². The molecule has 0 bridgehead atoms. The summed E-state index contributed by atoms with van der Waals surface area (Å²) in [5, 5.41) is 12.6. The number of benzene rings is 1. The number of carboxylic acid groups (broad SMARTS) is 1. The van der Waals surface area contributed by atoms with Gasteiger partial charge in [-0.1, -0.05) is 38.5 Å². The fourth-order valence-corrected chi connectivity index (χ4v) is 6.14. The van der Waals surface area contributed by atoms with Crippen LogP contribution in [0.3, 0.4) is 0 Å². The van der Waals surface area contributed by atoms with E-state index in [4.69, 9.17) is 0 Å². The van der Waals surface area contributed by atoms with Crippen molar-refractivity contribution in [2.24, 2.45) is 17.3 Å². The number of hydrogen-bond donors (Lipinski definition) is 2. The normalized spacial score (nSPS) is 18.2. The molecule has 0 radical (unpaired) electrons. The van der Waals surface area contributed by atoms with Crippen LogP contribution in [0.4, 0.5) is 14.6 Å². The molecular formula is C27H27F2N5O4S. The highest BCUT2D eigenvalue weighted by atomic mass is 32.2. The van der Waals surface area contributed by atoms with Crippen molar-refractivity contribution in [2.45, 2.75) is 45.1 Å². The van der Waals surface area contributed by atoms with Crippen LogP contribution in [-0.2, 0) is 14.8 Å². The molecule has 1 aliphatic carbocycles. The second-order valence-electron chi connectivity index (χ2n) is 10.9. The second-order valence-corrected chi connectivity index (χ2v) is 12.7. The lowest BCUT2D eigenvalue weighted by atomic mass is 9.83. The highest BCUT2D eigenvalue weighted by Crippen LogP contribution is 2.47. The van der Waals surface area contributed by atoms with Crippen molar-refractivity contribution in [3.8, 4) is 11.4 Å². The fraction of sp³-hybridized carbons (Fsp3) is 0.333. The molecular weight excluding hydrogens is 528 g/mol. The fourth-order valence-electron chi connectivity index (χ4n) is 4.82. The summed E-state index contributed by atoms with van der Waals surface area (Å²) in [4.78, 5) is 23.9. The number of rotatable bonds is 7. The van der Waals surface area contributed by atoms with Crippen molar-refractivity contribution in [1.29, 1.82) is 0 Å². The number of pyridine rings is 1. The van der Waals surface area contributed by atoms with Gasteiger partial charge >= 0.3 is 5.97 Å². The number of hydrogen-bond acceptors (Lipinski definition) is 7. The van der Waals surface area contributed by atoms with Crippen molar-refractivity contribution in [3.63, 3.8) is 0 Å². The van der Waals surface area contributed by atoms with E-state index in [0.717, 1.165) is 28.0 Å². The van der Waals surface area contributed by atoms with E-state index in [9.17, 15) is 27.1 Å². The predicted molar refractivity (Wildman–Crippen MR) is 141 cm³/mol. The van der Waals surface area contributed by atoms with Crippen LogP contribution in [0.15, 0.2) is 53.8 Å². The van der Waals surface area contributed by atoms with Crippen LogP contribution >= 0.6 is 0 Å². The first-order valence-electron chi connectivity index (χ1n) is 12.3. The van der Waals surface area contributed by atoms with Crippen molar-refractivity contribution in [2.75, 3.05) is 5.32 Å². The van der Waals surface area contributed by atoms with Crippen LogP contribution in [0.2, 0.25) is 0 Å². The minimum Gasteiger partial charge on any atom is -0.481 e. The van der Waals surface area contributed by atoms with E-state index in [0.29, 0.717) is 6.42 Å². The molecule has 3 aromatic heterocycles. The number of nitrogens with zero attached hydrogens (tertiary/aromatic N) is 4. The van der Waals surface area contributed by atoms with Crippen LogP contribution in [0.5, 0.6) is 0 Å². The predicted octanol–water partition coefficient (Wildman–Crippen LogP) is 4.86. The number of aliphatic carboxylic acids is 1. The summed E-state index contributed by atoms with van der Waals surface area (Å²) < 4.78 is 57.1. The minimum atomic E-state index is -4.13. The molecule has 1 saturated carbocycles. The van der Waals surface area contributed by atoms with E-state index in [1.165, 1.54) is 18.3 Å². The van der Waals surface area contributed by atoms with Crippen LogP contribution < -0.4 is 5.32 Å². The molecule has 1 aliphatic rings. The molecule has 3 unspecified atom stereocenters. The monoisotopic (exact) mass is 555 g/mol. The summed E-state index contributed by atoms with van der Waals surface area (Å²) in [5.41, 5.74) is 0.543. The smallest absolute Gasteiger partial charge is 0.306 e. The molecule has 2 N–H and O–H groups in total. The lowest BCUT2D eigenvalue weighted by Crippen LogP contribution is -2.37. The summed E-state index contributed by atoms with van der Waals surface area (Å²) in [6.07, 6.45) is 3.55. The molecule has 1 fully saturated rings. The van der Waals surface area contributed by atoms with Gasteiger partial charge in [0.25, 0.3) is 10.0 Å². The van der Waals surface area contributed by atoms with E-state index in [1.807, 2.05) is 27.7 Å². The molecule has 204 valence electrons. The van der Waals surface area contributed by atoms with Gasteiger partial charge in [0.05, 0.1) is 23.2 Å². The summed E-state index contributed by atoms with van der Waals surface area (Å²) in [7, 11) is -4.13. The number of aromatic nitrogens is 4. The highest BCUT2D eigenvalue weighted by molar-refractivity contribution is 7.90. The average Bonchev–Trinajstić information content (AvgIpc) is 3.56. The first kappa shape index (κ1) is 26.7. The Labute approximate surface area is 224 Å². The molecule has 9 nitrogen and oxygen atoms in total. The van der Waals surface area contributed by atoms with Crippen molar-refractivity contribution in [1.82, 2.24) is 18.9 Å². The largest absolute Gasteiger partial charge is 0.481 e. The molecule has 0 aliphatic heterocycles. The van der Waals surface area contributed by atoms with Gasteiger partial charge in [-0.25, -0.2) is 36.1 Å². The Morgan fingerprint density at radius 3 is 2.46 bits per heavy atom. The van der Waals surface area contributed by atoms with Gasteiger partial charge in [0.1, 0.15) is 5.82 Å². The van der Waals surface area contributed by atoms with E-state index >= 15 is 0 Å². The average molecular weight is 556 g/mol. The summed E-state index contributed by atoms with van der Waals surface area (Å²) in [6, 6.07) is 6.95. The zero-order valence-electron chi connectivity index (χ0n) is 21.7. The summed E-state index contributed by atoms with van der Waals surface area (Å²) in [5.74, 6) is -3.34. The maximum Gasteiger partial charge on any atom is 0.306 e. The van der Waals surface area contributed by atoms with Crippen LogP contribution in [0.25, 0.3) is 22.4 Å². The Hall–Kier alpha value is -3.93. The van der Waals surface area contributed by atoms with E-state index in [1.54, 1.807) is 12.1 Å². The van der Waals surface area contributed by atoms with Crippen LogP contribution in [0, 0.1) is 35.8 Å². The Balaban J connectivity index is 1.60. The molecule has 0 amide bonds. The number of nitrogens with one attached hydrogen (secondary N) is 1. The number of carboxylic acids is 1. The van der Waals surface area contributed by atoms with Gasteiger partial charge in [-0.2, -0.15) is 0 Å². The van der Waals surface area contributed by atoms with Crippen LogP contribution in [0.1, 0.15) is 32.8 Å². The summed E-state index contributed by atoms with van der Waals surface area (Å²) in [6.45, 7) is 7.58. The molecule has 3 heterocycles. The summed E-state index contributed by atoms with van der Waals surface area (Å²) >= 11 is 0. The van der Waals surface area contributed by atoms with Gasteiger partial charge in [-0.15, -0.1) is 0 Å². The van der Waals surface area contributed by atoms with Gasteiger partial charge in [-0.3, -0.25) is 4.79 Å². The molecule has 1 aromatic carbocycles. The first-order chi connectivity index (χ1) is 18.3. The number of anilines is 1. The van der Waals surface area contributed by atoms with E-state index in [-0.39, 0.29) is 39.1 Å². The molecule has 0 spiro atoms. The Morgan fingerprint density at radius 1 is 1.15 bits per heavy atom. The molecule has 3 atom stereocenters. The van der Waals surface area contributed by atoms with Crippen molar-refractivity contribution < 1.29 is 27.1 Å². The quantitative estimate of drug-likeness (QED) is 0.331. The third-order valence-electron chi connectivity index (χ3n) is 6.95. The van der Waals surface area contributed by atoms with Gasteiger partial charge in [0.2, 0.25) is 0 Å². The molecule has 39 heavy (non-hydrogen) atoms. The molecule has 5 rings (SSSR count). The van der Waals surface area contributed by atoms with E-state index < -0.39 is 45.0 Å². The van der Waals surface area contributed by atoms with Gasteiger partial charge < -0.3 is 10.4 Å². The van der Waals surface area contributed by atoms with Gasteiger partial charge in [-0.05, 0) is 42.9 Å². The molecule has 4 aromatic rings. The first-order valence-corrected chi connectivity index (χ1v) is 13.7. The molecule has 12 heteroatoms. The third kappa shape index (κ3) is 4.96. The number of aryl methyl sites for hydroxylation is 1. The number of carbonyl (C=O) groups is 1. The second kappa shape index (κ2) is 9.37. The zero-order valence-corrected chi connectivity index (χ0v) is 22.5. The lowest BCUT2D eigenvalue weighted by molar-refractivity contribution is -0.139. The van der Waals surface area contributed by atoms with Gasteiger partial charge in [0.15, 0.2) is 23.1 Å². The topological polar surface area (TPSA) is 127 Å². The van der Waals surface area contributed by atoms with Crippen molar-refractivity contribution >= 4 is 32.8 Å². The van der Waals surface area contributed by atoms with Gasteiger partial charge in [0, 0.05) is 23.2 Å². The highest BCUT2D eigenvalue weighted by Gasteiger charge is 2.51. The van der Waals surface area contributed by atoms with Crippen LogP contribution in [-0.4, -0.2) is 44.5 Å². The maximum atomic E-state index is 14.9. The standard InChI is InChI=1S/C27H27F2N5O4S/c1-14-5-7-16(8-6-14)39(37,38)34-13-20(18-9-15(28)11-31-25(18)34)23-30-12-21(29)24(33-23)32-22(27(2,3)4)17-10-19(17)26(35)36/h5-9,11-13,17,19,22H,10H2,1-4H3,(H,35,36)(H,30,32,33). The Kier molecular flexibility index (Phi) is 6.41. The minimum absolute atomic E-state index is 0.00972. The SMILES string of the molecule is Cc1ccc(S(=O)(=O)n2cc(-c3ncc(F)c(NC(C4CC4C(=O)O)C(C)(C)C)n3)c3cc(F)cnc32)cc1. The zero-order chi connectivity index (χ0) is 28.3. The molecule has 0 saturated heterocycles. The third-order valence-corrected chi connectivity index (χ3v) is 8.62. The number of fused-ring (bicyclic) bond motifs is 1. The lowest BCUT2D eigenvalue weighted by Gasteiger charge is -2.32. The maximum absolute atomic E-state index is 14.9.